The van der Waals surface area contributed by atoms with Gasteiger partial charge in [0.1, 0.15) is 11.9 Å². The molecule has 0 bridgehead atoms. The zero-order valence-corrected chi connectivity index (χ0v) is 8.75. The number of hydrogen-bond acceptors (Lipinski definition) is 3. The minimum atomic E-state index is -0.406. The Morgan fingerprint density at radius 2 is 2.33 bits per heavy atom. The van der Waals surface area contributed by atoms with Crippen LogP contribution in [-0.2, 0) is 4.74 Å². The van der Waals surface area contributed by atoms with E-state index in [0.29, 0.717) is 17.8 Å². The quantitative estimate of drug-likeness (QED) is 0.824. The summed E-state index contributed by atoms with van der Waals surface area (Å²) in [5.41, 5.74) is 0.932. The van der Waals surface area contributed by atoms with Crippen molar-refractivity contribution in [2.45, 2.75) is 13.0 Å². The van der Waals surface area contributed by atoms with E-state index in [1.54, 1.807) is 13.2 Å². The smallest absolute Gasteiger partial charge is 0.124 e. The van der Waals surface area contributed by atoms with E-state index in [0.717, 1.165) is 0 Å². The molecule has 0 fully saturated rings. The Morgan fingerprint density at radius 3 is 2.93 bits per heavy atom. The molecule has 1 N–H and O–H groups in total. The molecule has 15 heavy (non-hydrogen) atoms. The summed E-state index contributed by atoms with van der Waals surface area (Å²) in [5, 5.41) is 11.8. The van der Waals surface area contributed by atoms with Crippen LogP contribution >= 0.6 is 0 Å². The molecule has 0 heterocycles. The summed E-state index contributed by atoms with van der Waals surface area (Å²) in [5.74, 6) is -0.406. The zero-order valence-electron chi connectivity index (χ0n) is 8.75. The molecule has 1 unspecified atom stereocenters. The second-order valence-corrected chi connectivity index (χ2v) is 3.23. The van der Waals surface area contributed by atoms with Gasteiger partial charge in [0.25, 0.3) is 0 Å². The SMILES string of the molecule is COC(C)CNc1ccc(F)cc1C#N. The predicted octanol–water partition coefficient (Wildman–Crippen LogP) is 2.14. The minimum absolute atomic E-state index is 0.0431. The van der Waals surface area contributed by atoms with Crippen LogP contribution < -0.4 is 5.32 Å². The fourth-order valence-electron chi connectivity index (χ4n) is 1.10. The number of nitrogens with zero attached hydrogens (tertiary/aromatic N) is 1. The lowest BCUT2D eigenvalue weighted by atomic mass is 10.2. The Morgan fingerprint density at radius 1 is 1.60 bits per heavy atom. The van der Waals surface area contributed by atoms with Crippen molar-refractivity contribution in [1.82, 2.24) is 0 Å². The van der Waals surface area contributed by atoms with E-state index in [2.05, 4.69) is 5.32 Å². The third-order valence-corrected chi connectivity index (χ3v) is 2.08. The van der Waals surface area contributed by atoms with Crippen molar-refractivity contribution in [3.05, 3.63) is 29.6 Å². The third kappa shape index (κ3) is 3.22. The molecule has 3 nitrogen and oxygen atoms in total. The molecular weight excluding hydrogens is 195 g/mol. The molecule has 0 radical (unpaired) electrons. The Labute approximate surface area is 88.5 Å². The average Bonchev–Trinajstić information content (AvgIpc) is 2.26. The second-order valence-electron chi connectivity index (χ2n) is 3.23. The van der Waals surface area contributed by atoms with Crippen LogP contribution in [0, 0.1) is 17.1 Å². The molecule has 0 aliphatic heterocycles. The summed E-state index contributed by atoms with van der Waals surface area (Å²) in [6.07, 6.45) is 0.0431. The molecule has 1 aromatic rings. The maximum atomic E-state index is 12.8. The first-order valence-electron chi connectivity index (χ1n) is 4.63. The number of benzene rings is 1. The van der Waals surface area contributed by atoms with Gasteiger partial charge in [-0.3, -0.25) is 0 Å². The van der Waals surface area contributed by atoms with Gasteiger partial charge in [0.15, 0.2) is 0 Å². The number of rotatable bonds is 4. The topological polar surface area (TPSA) is 45.0 Å². The van der Waals surface area contributed by atoms with Crippen molar-refractivity contribution in [3.8, 4) is 6.07 Å². The first-order valence-corrected chi connectivity index (χ1v) is 4.63. The third-order valence-electron chi connectivity index (χ3n) is 2.08. The standard InChI is InChI=1S/C11H13FN2O/c1-8(15-2)7-14-11-4-3-10(12)5-9(11)6-13/h3-5,8,14H,7H2,1-2H3. The molecule has 0 aromatic heterocycles. The van der Waals surface area contributed by atoms with Gasteiger partial charge in [0, 0.05) is 13.7 Å². The number of nitriles is 1. The Bertz CT molecular complexity index is 373. The van der Waals surface area contributed by atoms with Crippen LogP contribution in [0.25, 0.3) is 0 Å². The summed E-state index contributed by atoms with van der Waals surface area (Å²) in [4.78, 5) is 0. The van der Waals surface area contributed by atoms with Crippen LogP contribution in [0.1, 0.15) is 12.5 Å². The fourth-order valence-corrected chi connectivity index (χ4v) is 1.10. The lowest BCUT2D eigenvalue weighted by molar-refractivity contribution is 0.129. The lowest BCUT2D eigenvalue weighted by Crippen LogP contribution is -2.18. The fraction of sp³-hybridized carbons (Fsp3) is 0.364. The first-order chi connectivity index (χ1) is 7.17. The second kappa shape index (κ2) is 5.32. The van der Waals surface area contributed by atoms with Gasteiger partial charge in [-0.15, -0.1) is 0 Å². The highest BCUT2D eigenvalue weighted by molar-refractivity contribution is 5.57. The molecule has 0 amide bonds. The summed E-state index contributed by atoms with van der Waals surface area (Å²) in [7, 11) is 1.61. The van der Waals surface area contributed by atoms with E-state index in [9.17, 15) is 4.39 Å². The van der Waals surface area contributed by atoms with Gasteiger partial charge in [-0.1, -0.05) is 0 Å². The van der Waals surface area contributed by atoms with Crippen molar-refractivity contribution in [1.29, 1.82) is 5.26 Å². The van der Waals surface area contributed by atoms with Crippen molar-refractivity contribution >= 4 is 5.69 Å². The molecule has 0 aliphatic carbocycles. The molecule has 1 rings (SSSR count). The van der Waals surface area contributed by atoms with Gasteiger partial charge in [0.2, 0.25) is 0 Å². The van der Waals surface area contributed by atoms with Crippen LogP contribution in [-0.4, -0.2) is 19.8 Å². The van der Waals surface area contributed by atoms with Crippen molar-refractivity contribution < 1.29 is 9.13 Å². The van der Waals surface area contributed by atoms with E-state index < -0.39 is 5.82 Å². The van der Waals surface area contributed by atoms with Gasteiger partial charge < -0.3 is 10.1 Å². The van der Waals surface area contributed by atoms with Crippen LogP contribution in [0.5, 0.6) is 0 Å². The summed E-state index contributed by atoms with van der Waals surface area (Å²) < 4.78 is 17.8. The molecule has 4 heteroatoms. The molecule has 0 spiro atoms. The zero-order chi connectivity index (χ0) is 11.3. The number of halogens is 1. The van der Waals surface area contributed by atoms with Gasteiger partial charge in [-0.25, -0.2) is 4.39 Å². The van der Waals surface area contributed by atoms with Crippen LogP contribution in [0.3, 0.4) is 0 Å². The van der Waals surface area contributed by atoms with Crippen LogP contribution in [0.15, 0.2) is 18.2 Å². The summed E-state index contributed by atoms with van der Waals surface area (Å²) in [6, 6.07) is 6.01. The van der Waals surface area contributed by atoms with Gasteiger partial charge >= 0.3 is 0 Å². The molecule has 0 saturated carbocycles. The van der Waals surface area contributed by atoms with Crippen molar-refractivity contribution in [2.75, 3.05) is 19.0 Å². The van der Waals surface area contributed by atoms with E-state index >= 15 is 0 Å². The van der Waals surface area contributed by atoms with Gasteiger partial charge in [-0.2, -0.15) is 5.26 Å². The van der Waals surface area contributed by atoms with E-state index in [1.807, 2.05) is 13.0 Å². The summed E-state index contributed by atoms with van der Waals surface area (Å²) in [6.45, 7) is 2.49. The Balaban J connectivity index is 2.73. The molecule has 1 aromatic carbocycles. The number of anilines is 1. The predicted molar refractivity (Wildman–Crippen MR) is 56.1 cm³/mol. The number of hydrogen-bond donors (Lipinski definition) is 1. The van der Waals surface area contributed by atoms with E-state index in [1.165, 1.54) is 12.1 Å². The van der Waals surface area contributed by atoms with Crippen LogP contribution in [0.2, 0.25) is 0 Å². The highest BCUT2D eigenvalue weighted by atomic mass is 19.1. The normalized spacial score (nSPS) is 11.9. The Hall–Kier alpha value is -1.60. The largest absolute Gasteiger partial charge is 0.381 e. The highest BCUT2D eigenvalue weighted by Crippen LogP contribution is 2.15. The van der Waals surface area contributed by atoms with Crippen molar-refractivity contribution in [2.24, 2.45) is 0 Å². The molecular formula is C11H13FN2O. The molecule has 1 atom stereocenters. The van der Waals surface area contributed by atoms with Crippen LogP contribution in [0.4, 0.5) is 10.1 Å². The first kappa shape index (κ1) is 11.5. The minimum Gasteiger partial charge on any atom is -0.381 e. The number of nitrogens with one attached hydrogen (secondary N) is 1. The van der Waals surface area contributed by atoms with Gasteiger partial charge in [0.05, 0.1) is 17.4 Å². The van der Waals surface area contributed by atoms with E-state index in [4.69, 9.17) is 10.00 Å². The Kier molecular flexibility index (Phi) is 4.07. The maximum absolute atomic E-state index is 12.8. The average molecular weight is 208 g/mol. The maximum Gasteiger partial charge on any atom is 0.124 e. The lowest BCUT2D eigenvalue weighted by Gasteiger charge is -2.12. The summed E-state index contributed by atoms with van der Waals surface area (Å²) >= 11 is 0. The molecule has 80 valence electrons. The molecule has 0 aliphatic rings. The van der Waals surface area contributed by atoms with E-state index in [-0.39, 0.29) is 6.10 Å². The number of ether oxygens (including phenoxy) is 1. The van der Waals surface area contributed by atoms with Gasteiger partial charge in [-0.05, 0) is 25.1 Å². The monoisotopic (exact) mass is 208 g/mol. The van der Waals surface area contributed by atoms with Crippen molar-refractivity contribution in [3.63, 3.8) is 0 Å². The highest BCUT2D eigenvalue weighted by Gasteiger charge is 2.04. The number of methoxy groups -OCH3 is 1. The molecule has 0 saturated heterocycles.